The molecule has 1 aromatic rings. The maximum Gasteiger partial charge on any atom is 0.573 e. The van der Waals surface area contributed by atoms with Crippen LogP contribution in [-0.4, -0.2) is 6.36 Å². The van der Waals surface area contributed by atoms with Gasteiger partial charge in [0.15, 0.2) is 0 Å². The normalized spacial score (nSPS) is 10.9. The van der Waals surface area contributed by atoms with E-state index in [2.05, 4.69) is 4.74 Å². The number of rotatable bonds is 2. The van der Waals surface area contributed by atoms with Gasteiger partial charge in [-0.15, -0.1) is 13.2 Å². The molecule has 0 unspecified atom stereocenters. The molecular weight excluding hydrogens is 214 g/mol. The molecule has 6 heteroatoms. The van der Waals surface area contributed by atoms with Crippen LogP contribution >= 0.6 is 0 Å². The van der Waals surface area contributed by atoms with Crippen molar-refractivity contribution in [1.29, 1.82) is 5.26 Å². The van der Waals surface area contributed by atoms with Crippen molar-refractivity contribution in [2.75, 3.05) is 0 Å². The molecule has 0 fully saturated rings. The number of alkyl halides is 3. The average molecular weight is 219 g/mol. The second-order valence-electron chi connectivity index (χ2n) is 2.63. The summed E-state index contributed by atoms with van der Waals surface area (Å²) >= 11 is 0. The van der Waals surface area contributed by atoms with E-state index in [1.165, 1.54) is 0 Å². The number of halogens is 4. The minimum absolute atomic E-state index is 0.130. The molecule has 0 saturated heterocycles. The third-order valence-corrected chi connectivity index (χ3v) is 1.52. The van der Waals surface area contributed by atoms with Gasteiger partial charge in [0.25, 0.3) is 0 Å². The largest absolute Gasteiger partial charge is 0.573 e. The van der Waals surface area contributed by atoms with Gasteiger partial charge in [-0.2, -0.15) is 5.26 Å². The molecule has 0 aliphatic carbocycles. The van der Waals surface area contributed by atoms with Gasteiger partial charge >= 0.3 is 6.36 Å². The van der Waals surface area contributed by atoms with Gasteiger partial charge in [-0.25, -0.2) is 4.39 Å². The van der Waals surface area contributed by atoms with Crippen LogP contribution in [0.4, 0.5) is 17.6 Å². The molecule has 0 heterocycles. The highest BCUT2D eigenvalue weighted by atomic mass is 19.4. The predicted molar refractivity (Wildman–Crippen MR) is 42.4 cm³/mol. The molecule has 0 spiro atoms. The molecule has 80 valence electrons. The minimum atomic E-state index is -4.85. The lowest BCUT2D eigenvalue weighted by Crippen LogP contribution is -2.18. The lowest BCUT2D eigenvalue weighted by Gasteiger charge is -2.11. The first-order valence-electron chi connectivity index (χ1n) is 3.83. The summed E-state index contributed by atoms with van der Waals surface area (Å²) in [6.45, 7) is 0. The Morgan fingerprint density at radius 2 is 2.00 bits per heavy atom. The van der Waals surface area contributed by atoms with Crippen LogP contribution in [0.2, 0.25) is 0 Å². The Balaban J connectivity index is 3.02. The first kappa shape index (κ1) is 11.3. The average Bonchev–Trinajstić information content (AvgIpc) is 2.08. The zero-order chi connectivity index (χ0) is 11.5. The summed E-state index contributed by atoms with van der Waals surface area (Å²) in [6.07, 6.45) is -5.19. The molecule has 0 atom stereocenters. The van der Waals surface area contributed by atoms with Crippen LogP contribution < -0.4 is 4.74 Å². The van der Waals surface area contributed by atoms with Crippen LogP contribution in [0.25, 0.3) is 0 Å². The van der Waals surface area contributed by atoms with E-state index in [1.807, 2.05) is 0 Å². The van der Waals surface area contributed by atoms with Crippen LogP contribution in [0.1, 0.15) is 5.56 Å². The number of hydrogen-bond donors (Lipinski definition) is 0. The first-order valence-corrected chi connectivity index (χ1v) is 3.83. The van der Waals surface area contributed by atoms with E-state index in [-0.39, 0.29) is 12.0 Å². The minimum Gasteiger partial charge on any atom is -0.405 e. The van der Waals surface area contributed by atoms with Crippen molar-refractivity contribution >= 4 is 0 Å². The SMILES string of the molecule is N#CCc1cc(F)ccc1OC(F)(F)F. The first-order chi connectivity index (χ1) is 6.92. The zero-order valence-corrected chi connectivity index (χ0v) is 7.31. The summed E-state index contributed by atoms with van der Waals surface area (Å²) in [5.41, 5.74) is -0.130. The van der Waals surface area contributed by atoms with Crippen LogP contribution in [0, 0.1) is 17.1 Å². The topological polar surface area (TPSA) is 33.0 Å². The highest BCUT2D eigenvalue weighted by Crippen LogP contribution is 2.27. The number of nitrogens with zero attached hydrogens (tertiary/aromatic N) is 1. The fraction of sp³-hybridized carbons (Fsp3) is 0.222. The maximum absolute atomic E-state index is 12.7. The van der Waals surface area contributed by atoms with Crippen molar-refractivity contribution in [3.63, 3.8) is 0 Å². The predicted octanol–water partition coefficient (Wildman–Crippen LogP) is 2.79. The molecule has 0 N–H and O–H groups in total. The van der Waals surface area contributed by atoms with Crippen molar-refractivity contribution in [1.82, 2.24) is 0 Å². The lowest BCUT2D eigenvalue weighted by molar-refractivity contribution is -0.274. The lowest BCUT2D eigenvalue weighted by atomic mass is 10.1. The van der Waals surface area contributed by atoms with E-state index in [1.54, 1.807) is 6.07 Å². The van der Waals surface area contributed by atoms with Gasteiger partial charge in [-0.3, -0.25) is 0 Å². The molecule has 15 heavy (non-hydrogen) atoms. The molecule has 0 bridgehead atoms. The van der Waals surface area contributed by atoms with E-state index in [0.29, 0.717) is 0 Å². The molecule has 0 aliphatic rings. The molecule has 0 aromatic heterocycles. The van der Waals surface area contributed by atoms with E-state index < -0.39 is 17.9 Å². The van der Waals surface area contributed by atoms with Gasteiger partial charge < -0.3 is 4.74 Å². The zero-order valence-electron chi connectivity index (χ0n) is 7.31. The summed E-state index contributed by atoms with van der Waals surface area (Å²) in [5, 5.41) is 8.32. The smallest absolute Gasteiger partial charge is 0.405 e. The van der Waals surface area contributed by atoms with Gasteiger partial charge in [-0.1, -0.05) is 0 Å². The summed E-state index contributed by atoms with van der Waals surface area (Å²) in [7, 11) is 0. The molecule has 0 amide bonds. The third kappa shape index (κ3) is 3.46. The van der Waals surface area contributed by atoms with Crippen molar-refractivity contribution in [3.8, 4) is 11.8 Å². The Bertz CT molecular complexity index is 394. The summed E-state index contributed by atoms with van der Waals surface area (Å²) < 4.78 is 51.9. The quantitative estimate of drug-likeness (QED) is 0.716. The van der Waals surface area contributed by atoms with Crippen LogP contribution in [0.3, 0.4) is 0 Å². The van der Waals surface area contributed by atoms with Crippen molar-refractivity contribution in [2.45, 2.75) is 12.8 Å². The van der Waals surface area contributed by atoms with E-state index in [9.17, 15) is 17.6 Å². The van der Waals surface area contributed by atoms with Gasteiger partial charge in [0.2, 0.25) is 0 Å². The van der Waals surface area contributed by atoms with Gasteiger partial charge in [0, 0.05) is 5.56 Å². The molecule has 2 nitrogen and oxygen atoms in total. The monoisotopic (exact) mass is 219 g/mol. The van der Waals surface area contributed by atoms with E-state index in [0.717, 1.165) is 18.2 Å². The van der Waals surface area contributed by atoms with E-state index >= 15 is 0 Å². The highest BCUT2D eigenvalue weighted by Gasteiger charge is 2.32. The van der Waals surface area contributed by atoms with Gasteiger partial charge in [-0.05, 0) is 18.2 Å². The maximum atomic E-state index is 12.7. The van der Waals surface area contributed by atoms with E-state index in [4.69, 9.17) is 5.26 Å². The van der Waals surface area contributed by atoms with Crippen molar-refractivity contribution in [3.05, 3.63) is 29.6 Å². The number of ether oxygens (including phenoxy) is 1. The summed E-state index contributed by atoms with van der Waals surface area (Å²) in [5.74, 6) is -1.26. The second-order valence-corrected chi connectivity index (χ2v) is 2.63. The number of nitriles is 1. The molecule has 0 radical (unpaired) electrons. The molecule has 0 saturated carbocycles. The fourth-order valence-electron chi connectivity index (χ4n) is 0.996. The molecule has 1 rings (SSSR count). The van der Waals surface area contributed by atoms with Gasteiger partial charge in [0.05, 0.1) is 12.5 Å². The van der Waals surface area contributed by atoms with Crippen LogP contribution in [-0.2, 0) is 6.42 Å². The van der Waals surface area contributed by atoms with Crippen molar-refractivity contribution in [2.24, 2.45) is 0 Å². The Morgan fingerprint density at radius 1 is 1.33 bits per heavy atom. The number of hydrogen-bond acceptors (Lipinski definition) is 2. The molecular formula is C9H5F4NO. The molecule has 0 aliphatic heterocycles. The third-order valence-electron chi connectivity index (χ3n) is 1.52. The fourth-order valence-corrected chi connectivity index (χ4v) is 0.996. The Morgan fingerprint density at radius 3 is 2.53 bits per heavy atom. The van der Waals surface area contributed by atoms with Gasteiger partial charge in [0.1, 0.15) is 11.6 Å². The Kier molecular flexibility index (Phi) is 3.14. The highest BCUT2D eigenvalue weighted by molar-refractivity contribution is 5.35. The van der Waals surface area contributed by atoms with Crippen LogP contribution in [0.15, 0.2) is 18.2 Å². The second kappa shape index (κ2) is 4.17. The van der Waals surface area contributed by atoms with Crippen molar-refractivity contribution < 1.29 is 22.3 Å². The standard InChI is InChI=1S/C9H5F4NO/c10-7-1-2-8(15-9(11,12)13)6(5-7)3-4-14/h1-2,5H,3H2. The van der Waals surface area contributed by atoms with Crippen LogP contribution in [0.5, 0.6) is 5.75 Å². The Hall–Kier alpha value is -1.77. The Labute approximate surface area is 82.7 Å². The number of benzene rings is 1. The molecule has 1 aromatic carbocycles. The summed E-state index contributed by atoms with van der Waals surface area (Å²) in [6, 6.07) is 4.14. The summed E-state index contributed by atoms with van der Waals surface area (Å²) in [4.78, 5) is 0.